The maximum atomic E-state index is 13.2. The van der Waals surface area contributed by atoms with Gasteiger partial charge in [-0.05, 0) is 30.2 Å². The molecule has 0 saturated carbocycles. The smallest absolute Gasteiger partial charge is 0.147 e. The van der Waals surface area contributed by atoms with Gasteiger partial charge in [-0.2, -0.15) is 0 Å². The van der Waals surface area contributed by atoms with Crippen molar-refractivity contribution >= 4 is 17.4 Å². The minimum atomic E-state index is -0.347. The van der Waals surface area contributed by atoms with Gasteiger partial charge in [-0.1, -0.05) is 30.3 Å². The fourth-order valence-corrected chi connectivity index (χ4v) is 2.63. The topological polar surface area (TPSA) is 26.0 Å². The Morgan fingerprint density at radius 3 is 2.65 bits per heavy atom. The number of hydrogen-bond acceptors (Lipinski definition) is 2. The molecule has 0 spiro atoms. The molecule has 3 heteroatoms. The van der Waals surface area contributed by atoms with Gasteiger partial charge in [0.1, 0.15) is 5.82 Å². The lowest BCUT2D eigenvalue weighted by Gasteiger charge is -2.07. The Morgan fingerprint density at radius 2 is 1.88 bits per heavy atom. The average Bonchev–Trinajstić information content (AvgIpc) is 2.33. The van der Waals surface area contributed by atoms with E-state index in [1.807, 2.05) is 18.2 Å². The van der Waals surface area contributed by atoms with Crippen LogP contribution in [0.3, 0.4) is 0 Å². The van der Waals surface area contributed by atoms with E-state index in [1.165, 1.54) is 17.2 Å². The van der Waals surface area contributed by atoms with Gasteiger partial charge in [-0.25, -0.2) is 4.39 Å². The minimum absolute atomic E-state index is 0.242. The first kappa shape index (κ1) is 12.0. The molecule has 0 fully saturated rings. The molecule has 0 radical (unpaired) electrons. The van der Waals surface area contributed by atoms with Crippen molar-refractivity contribution in [2.45, 2.75) is 17.6 Å². The third kappa shape index (κ3) is 2.80. The summed E-state index contributed by atoms with van der Waals surface area (Å²) in [4.78, 5) is 0.799. The van der Waals surface area contributed by atoms with Gasteiger partial charge in [-0.3, -0.25) is 0 Å². The molecule has 0 heterocycles. The SMILES string of the molecule is Cc1ccccc1CSc1cccc(F)c1N. The van der Waals surface area contributed by atoms with E-state index in [-0.39, 0.29) is 11.5 Å². The van der Waals surface area contributed by atoms with Crippen molar-refractivity contribution in [2.75, 3.05) is 5.73 Å². The van der Waals surface area contributed by atoms with Gasteiger partial charge in [0, 0.05) is 10.6 Å². The van der Waals surface area contributed by atoms with E-state index in [4.69, 9.17) is 5.73 Å². The Hall–Kier alpha value is -1.48. The number of nitrogens with two attached hydrogens (primary N) is 1. The summed E-state index contributed by atoms with van der Waals surface area (Å²) in [5.41, 5.74) is 8.43. The third-order valence-electron chi connectivity index (χ3n) is 2.66. The Balaban J connectivity index is 2.13. The monoisotopic (exact) mass is 247 g/mol. The summed E-state index contributed by atoms with van der Waals surface area (Å²) in [6, 6.07) is 13.1. The first-order chi connectivity index (χ1) is 8.18. The van der Waals surface area contributed by atoms with Crippen LogP contribution in [0.1, 0.15) is 11.1 Å². The summed E-state index contributed by atoms with van der Waals surface area (Å²) >= 11 is 1.56. The molecule has 0 aliphatic heterocycles. The van der Waals surface area contributed by atoms with Crippen LogP contribution in [-0.2, 0) is 5.75 Å². The van der Waals surface area contributed by atoms with Crippen molar-refractivity contribution in [3.8, 4) is 0 Å². The van der Waals surface area contributed by atoms with E-state index in [0.29, 0.717) is 0 Å². The van der Waals surface area contributed by atoms with Crippen LogP contribution in [-0.4, -0.2) is 0 Å². The Morgan fingerprint density at radius 1 is 1.12 bits per heavy atom. The van der Waals surface area contributed by atoms with Crippen molar-refractivity contribution in [2.24, 2.45) is 0 Å². The molecule has 2 N–H and O–H groups in total. The number of aryl methyl sites for hydroxylation is 1. The lowest BCUT2D eigenvalue weighted by Crippen LogP contribution is -1.93. The number of thioether (sulfide) groups is 1. The Labute approximate surface area is 105 Å². The molecule has 0 aliphatic carbocycles. The number of hydrogen-bond donors (Lipinski definition) is 1. The molecule has 0 atom stereocenters. The molecular formula is C14H14FNS. The molecule has 0 saturated heterocycles. The van der Waals surface area contributed by atoms with E-state index < -0.39 is 0 Å². The molecule has 0 bridgehead atoms. The highest BCUT2D eigenvalue weighted by Crippen LogP contribution is 2.30. The molecule has 88 valence electrons. The quantitative estimate of drug-likeness (QED) is 0.655. The number of benzene rings is 2. The van der Waals surface area contributed by atoms with Crippen LogP contribution in [0.4, 0.5) is 10.1 Å². The first-order valence-corrected chi connectivity index (χ1v) is 6.38. The molecule has 2 rings (SSSR count). The van der Waals surface area contributed by atoms with Crippen LogP contribution in [0, 0.1) is 12.7 Å². The number of nitrogen functional groups attached to an aromatic ring is 1. The third-order valence-corrected chi connectivity index (χ3v) is 3.78. The summed E-state index contributed by atoms with van der Waals surface area (Å²) < 4.78 is 13.2. The number of anilines is 1. The molecule has 2 aromatic rings. The fourth-order valence-electron chi connectivity index (χ4n) is 1.57. The molecule has 0 aromatic heterocycles. The van der Waals surface area contributed by atoms with Crippen molar-refractivity contribution in [1.29, 1.82) is 0 Å². The standard InChI is InChI=1S/C14H14FNS/c1-10-5-2-3-6-11(10)9-17-13-8-4-7-12(15)14(13)16/h2-8H,9,16H2,1H3. The van der Waals surface area contributed by atoms with E-state index >= 15 is 0 Å². The van der Waals surface area contributed by atoms with E-state index in [2.05, 4.69) is 19.1 Å². The summed E-state index contributed by atoms with van der Waals surface area (Å²) in [6.07, 6.45) is 0. The number of para-hydroxylation sites is 1. The zero-order valence-corrected chi connectivity index (χ0v) is 10.4. The highest BCUT2D eigenvalue weighted by Gasteiger charge is 2.05. The van der Waals surface area contributed by atoms with Gasteiger partial charge in [0.15, 0.2) is 0 Å². The minimum Gasteiger partial charge on any atom is -0.395 e. The molecule has 2 aromatic carbocycles. The maximum Gasteiger partial charge on any atom is 0.147 e. The zero-order valence-electron chi connectivity index (χ0n) is 9.61. The largest absolute Gasteiger partial charge is 0.395 e. The van der Waals surface area contributed by atoms with Gasteiger partial charge in [0.25, 0.3) is 0 Å². The van der Waals surface area contributed by atoms with Crippen LogP contribution < -0.4 is 5.73 Å². The normalized spacial score (nSPS) is 10.5. The molecular weight excluding hydrogens is 233 g/mol. The average molecular weight is 247 g/mol. The second-order valence-corrected chi connectivity index (χ2v) is 4.88. The summed E-state index contributed by atoms with van der Waals surface area (Å²) in [6.45, 7) is 2.07. The van der Waals surface area contributed by atoms with Crippen LogP contribution in [0.5, 0.6) is 0 Å². The van der Waals surface area contributed by atoms with Gasteiger partial charge in [0.05, 0.1) is 5.69 Å². The van der Waals surface area contributed by atoms with E-state index in [9.17, 15) is 4.39 Å². The van der Waals surface area contributed by atoms with Gasteiger partial charge in [0.2, 0.25) is 0 Å². The van der Waals surface area contributed by atoms with Crippen molar-refractivity contribution < 1.29 is 4.39 Å². The van der Waals surface area contributed by atoms with Crippen LogP contribution >= 0.6 is 11.8 Å². The Kier molecular flexibility index (Phi) is 3.69. The van der Waals surface area contributed by atoms with E-state index in [0.717, 1.165) is 10.6 Å². The second kappa shape index (κ2) is 5.23. The lowest BCUT2D eigenvalue weighted by atomic mass is 10.1. The van der Waals surface area contributed by atoms with Crippen molar-refractivity contribution in [1.82, 2.24) is 0 Å². The van der Waals surface area contributed by atoms with Crippen molar-refractivity contribution in [3.63, 3.8) is 0 Å². The highest BCUT2D eigenvalue weighted by atomic mass is 32.2. The van der Waals surface area contributed by atoms with Crippen molar-refractivity contribution in [3.05, 3.63) is 59.4 Å². The summed E-state index contributed by atoms with van der Waals surface area (Å²) in [5.74, 6) is 0.458. The second-order valence-electron chi connectivity index (χ2n) is 3.87. The van der Waals surface area contributed by atoms with Gasteiger partial charge < -0.3 is 5.73 Å². The first-order valence-electron chi connectivity index (χ1n) is 5.40. The maximum absolute atomic E-state index is 13.2. The molecule has 0 unspecified atom stereocenters. The van der Waals surface area contributed by atoms with Gasteiger partial charge >= 0.3 is 0 Å². The molecule has 0 aliphatic rings. The predicted molar refractivity (Wildman–Crippen MR) is 71.6 cm³/mol. The molecule has 17 heavy (non-hydrogen) atoms. The van der Waals surface area contributed by atoms with Gasteiger partial charge in [-0.15, -0.1) is 11.8 Å². The summed E-state index contributed by atoms with van der Waals surface area (Å²) in [7, 11) is 0. The fraction of sp³-hybridized carbons (Fsp3) is 0.143. The van der Waals surface area contributed by atoms with Crippen LogP contribution in [0.25, 0.3) is 0 Å². The van der Waals surface area contributed by atoms with Crippen LogP contribution in [0.2, 0.25) is 0 Å². The number of halogens is 1. The zero-order chi connectivity index (χ0) is 12.3. The lowest BCUT2D eigenvalue weighted by molar-refractivity contribution is 0.629. The van der Waals surface area contributed by atoms with E-state index in [1.54, 1.807) is 17.8 Å². The number of rotatable bonds is 3. The molecule has 0 amide bonds. The highest BCUT2D eigenvalue weighted by molar-refractivity contribution is 7.98. The molecule has 1 nitrogen and oxygen atoms in total. The predicted octanol–water partition coefficient (Wildman–Crippen LogP) is 4.01. The summed E-state index contributed by atoms with van der Waals surface area (Å²) in [5, 5.41) is 0. The Bertz CT molecular complexity index is 525. The van der Waals surface area contributed by atoms with Crippen LogP contribution in [0.15, 0.2) is 47.4 Å².